The van der Waals surface area contributed by atoms with Crippen molar-refractivity contribution in [2.45, 2.75) is 25.0 Å². The number of carbonyl (C=O) groups excluding carboxylic acids is 1. The molecule has 7 nitrogen and oxygen atoms in total. The van der Waals surface area contributed by atoms with Crippen molar-refractivity contribution in [2.24, 2.45) is 16.3 Å². The van der Waals surface area contributed by atoms with E-state index in [0.717, 1.165) is 0 Å². The number of ether oxygens (including phenoxy) is 2. The molecule has 0 aromatic carbocycles. The van der Waals surface area contributed by atoms with Gasteiger partial charge in [0.1, 0.15) is 17.6 Å². The monoisotopic (exact) mass is 257 g/mol. The number of amidine groups is 1. The highest BCUT2D eigenvalue weighted by Gasteiger charge is 2.57. The van der Waals surface area contributed by atoms with E-state index in [1.54, 1.807) is 19.1 Å². The van der Waals surface area contributed by atoms with E-state index in [0.29, 0.717) is 25.9 Å². The molecule has 2 rings (SSSR count). The maximum absolute atomic E-state index is 12.4. The van der Waals surface area contributed by atoms with Gasteiger partial charge in [0.2, 0.25) is 5.91 Å². The molecule has 2 unspecified atom stereocenters. The molecule has 2 aliphatic rings. The van der Waals surface area contributed by atoms with Crippen molar-refractivity contribution in [1.29, 1.82) is 0 Å². The Morgan fingerprint density at radius 1 is 1.33 bits per heavy atom. The minimum absolute atomic E-state index is 0.00216. The van der Waals surface area contributed by atoms with E-state index in [2.05, 4.69) is 5.16 Å². The fourth-order valence-corrected chi connectivity index (χ4v) is 2.47. The Morgan fingerprint density at radius 2 is 1.83 bits per heavy atom. The number of hydrogen-bond donors (Lipinski definition) is 2. The van der Waals surface area contributed by atoms with Gasteiger partial charge in [-0.1, -0.05) is 5.16 Å². The average molecular weight is 257 g/mol. The number of carbonyl (C=O) groups is 1. The van der Waals surface area contributed by atoms with Gasteiger partial charge in [-0.25, -0.2) is 0 Å². The summed E-state index contributed by atoms with van der Waals surface area (Å²) >= 11 is 0. The molecule has 1 aliphatic carbocycles. The minimum Gasteiger partial charge on any atom is -0.409 e. The second kappa shape index (κ2) is 4.74. The normalized spacial score (nSPS) is 30.6. The molecule has 1 amide bonds. The van der Waals surface area contributed by atoms with E-state index in [1.165, 1.54) is 0 Å². The topological polar surface area (TPSA) is 97.4 Å². The molecule has 1 saturated carbocycles. The van der Waals surface area contributed by atoms with Gasteiger partial charge in [0.05, 0.1) is 0 Å². The van der Waals surface area contributed by atoms with Crippen LogP contribution in [-0.4, -0.2) is 61.4 Å². The Kier molecular flexibility index (Phi) is 3.45. The summed E-state index contributed by atoms with van der Waals surface area (Å²) in [7, 11) is 3.20. The summed E-state index contributed by atoms with van der Waals surface area (Å²) in [4.78, 5) is 14.1. The maximum atomic E-state index is 12.4. The van der Waals surface area contributed by atoms with E-state index < -0.39 is 5.41 Å². The SMILES string of the molecule is COC1CN(C(=O)C2(C(N)=NO)CC2)CC1OC. The van der Waals surface area contributed by atoms with E-state index in [1.807, 2.05) is 0 Å². The maximum Gasteiger partial charge on any atom is 0.236 e. The van der Waals surface area contributed by atoms with Gasteiger partial charge in [0, 0.05) is 27.3 Å². The van der Waals surface area contributed by atoms with Crippen LogP contribution in [0, 0.1) is 5.41 Å². The lowest BCUT2D eigenvalue weighted by atomic mass is 10.0. The van der Waals surface area contributed by atoms with Gasteiger partial charge in [0.25, 0.3) is 0 Å². The zero-order valence-corrected chi connectivity index (χ0v) is 10.6. The second-order valence-electron chi connectivity index (χ2n) is 4.83. The third-order valence-electron chi connectivity index (χ3n) is 3.87. The Hall–Kier alpha value is -1.34. The van der Waals surface area contributed by atoms with Crippen LogP contribution in [0.1, 0.15) is 12.8 Å². The lowest BCUT2D eigenvalue weighted by Crippen LogP contribution is -2.43. The summed E-state index contributed by atoms with van der Waals surface area (Å²) < 4.78 is 10.6. The van der Waals surface area contributed by atoms with Crippen molar-refractivity contribution >= 4 is 11.7 Å². The molecule has 0 aromatic heterocycles. The Bertz CT molecular complexity index is 355. The fraction of sp³-hybridized carbons (Fsp3) is 0.818. The summed E-state index contributed by atoms with van der Waals surface area (Å²) in [5.74, 6) is -0.0956. The van der Waals surface area contributed by atoms with Gasteiger partial charge < -0.3 is 25.3 Å². The highest BCUT2D eigenvalue weighted by atomic mass is 16.5. The van der Waals surface area contributed by atoms with Crippen LogP contribution < -0.4 is 5.73 Å². The smallest absolute Gasteiger partial charge is 0.236 e. The molecule has 1 aliphatic heterocycles. The van der Waals surface area contributed by atoms with E-state index >= 15 is 0 Å². The Morgan fingerprint density at radius 3 is 2.17 bits per heavy atom. The predicted molar refractivity (Wildman–Crippen MR) is 63.2 cm³/mol. The first-order valence-electron chi connectivity index (χ1n) is 5.92. The summed E-state index contributed by atoms with van der Waals surface area (Å²) in [6, 6.07) is 0. The number of nitrogens with zero attached hydrogens (tertiary/aromatic N) is 2. The molecule has 3 N–H and O–H groups in total. The molecule has 102 valence electrons. The van der Waals surface area contributed by atoms with E-state index in [-0.39, 0.29) is 24.0 Å². The Labute approximate surface area is 106 Å². The quantitative estimate of drug-likeness (QED) is 0.303. The molecule has 0 spiro atoms. The number of methoxy groups -OCH3 is 2. The van der Waals surface area contributed by atoms with Gasteiger partial charge in [-0.05, 0) is 12.8 Å². The molecule has 2 fully saturated rings. The Balaban J connectivity index is 2.08. The van der Waals surface area contributed by atoms with Crippen LogP contribution in [0.25, 0.3) is 0 Å². The first-order valence-corrected chi connectivity index (χ1v) is 5.92. The minimum atomic E-state index is -0.796. The van der Waals surface area contributed by atoms with Crippen molar-refractivity contribution in [3.63, 3.8) is 0 Å². The van der Waals surface area contributed by atoms with Crippen LogP contribution in [-0.2, 0) is 14.3 Å². The van der Waals surface area contributed by atoms with Gasteiger partial charge in [-0.2, -0.15) is 0 Å². The highest BCUT2D eigenvalue weighted by molar-refractivity contribution is 6.09. The second-order valence-corrected chi connectivity index (χ2v) is 4.83. The summed E-state index contributed by atoms with van der Waals surface area (Å²) in [6.45, 7) is 0.961. The standard InChI is InChI=1S/C11H19N3O4/c1-17-7-5-14(6-8(7)18-2)10(15)11(3-4-11)9(12)13-16/h7-8,16H,3-6H2,1-2H3,(H2,12,13). The van der Waals surface area contributed by atoms with Crippen LogP contribution in [0.2, 0.25) is 0 Å². The third kappa shape index (κ3) is 1.93. The van der Waals surface area contributed by atoms with Gasteiger partial charge in [0.15, 0.2) is 5.84 Å². The number of rotatable bonds is 4. The first-order chi connectivity index (χ1) is 8.58. The first kappa shape index (κ1) is 13.1. The molecule has 2 atom stereocenters. The molecule has 0 aromatic rings. The predicted octanol–water partition coefficient (Wildman–Crippen LogP) is -0.615. The van der Waals surface area contributed by atoms with Crippen LogP contribution >= 0.6 is 0 Å². The molecular weight excluding hydrogens is 238 g/mol. The average Bonchev–Trinajstić information content (AvgIpc) is 3.10. The number of likely N-dealkylation sites (tertiary alicyclic amines) is 1. The van der Waals surface area contributed by atoms with Crippen LogP contribution in [0.4, 0.5) is 0 Å². The molecule has 1 saturated heterocycles. The molecule has 7 heteroatoms. The molecule has 18 heavy (non-hydrogen) atoms. The lowest BCUT2D eigenvalue weighted by molar-refractivity contribution is -0.134. The largest absolute Gasteiger partial charge is 0.409 e. The number of nitrogens with two attached hydrogens (primary N) is 1. The van der Waals surface area contributed by atoms with E-state index in [4.69, 9.17) is 20.4 Å². The van der Waals surface area contributed by atoms with Crippen molar-refractivity contribution in [2.75, 3.05) is 27.3 Å². The zero-order valence-electron chi connectivity index (χ0n) is 10.6. The fourth-order valence-electron chi connectivity index (χ4n) is 2.47. The van der Waals surface area contributed by atoms with Crippen molar-refractivity contribution in [3.8, 4) is 0 Å². The zero-order chi connectivity index (χ0) is 13.3. The van der Waals surface area contributed by atoms with Crippen molar-refractivity contribution < 1.29 is 19.5 Å². The van der Waals surface area contributed by atoms with Crippen LogP contribution in [0.5, 0.6) is 0 Å². The van der Waals surface area contributed by atoms with Gasteiger partial charge in [-0.15, -0.1) is 0 Å². The van der Waals surface area contributed by atoms with Crippen LogP contribution in [0.15, 0.2) is 5.16 Å². The van der Waals surface area contributed by atoms with Crippen molar-refractivity contribution in [3.05, 3.63) is 0 Å². The number of hydrogen-bond acceptors (Lipinski definition) is 5. The van der Waals surface area contributed by atoms with E-state index in [9.17, 15) is 4.79 Å². The summed E-state index contributed by atoms with van der Waals surface area (Å²) in [5, 5.41) is 11.7. The van der Waals surface area contributed by atoms with Gasteiger partial charge in [-0.3, -0.25) is 4.79 Å². The molecule has 1 heterocycles. The van der Waals surface area contributed by atoms with Crippen LogP contribution in [0.3, 0.4) is 0 Å². The highest BCUT2D eigenvalue weighted by Crippen LogP contribution is 2.48. The third-order valence-corrected chi connectivity index (χ3v) is 3.87. The lowest BCUT2D eigenvalue weighted by Gasteiger charge is -2.21. The van der Waals surface area contributed by atoms with Crippen molar-refractivity contribution in [1.82, 2.24) is 4.90 Å². The molecular formula is C11H19N3O4. The summed E-state index contributed by atoms with van der Waals surface area (Å²) in [5.41, 5.74) is 4.81. The number of amides is 1. The number of oxime groups is 1. The summed E-state index contributed by atoms with van der Waals surface area (Å²) in [6.07, 6.45) is 1.02. The molecule has 0 radical (unpaired) electrons. The molecule has 0 bridgehead atoms. The van der Waals surface area contributed by atoms with Gasteiger partial charge >= 0.3 is 0 Å².